The molecule has 1 N–H and O–H groups in total. The second-order valence-electron chi connectivity index (χ2n) is 4.57. The summed E-state index contributed by atoms with van der Waals surface area (Å²) in [6.45, 7) is 0.549. The third-order valence-electron chi connectivity index (χ3n) is 3.08. The maximum atomic E-state index is 11.8. The second kappa shape index (κ2) is 6.72. The van der Waals surface area contributed by atoms with Crippen LogP contribution in [0.5, 0.6) is 0 Å². The number of hydrogen-bond acceptors (Lipinski definition) is 4. The van der Waals surface area contributed by atoms with Gasteiger partial charge >= 0.3 is 0 Å². The van der Waals surface area contributed by atoms with Crippen LogP contribution < -0.4 is 5.32 Å². The molecule has 112 valence electrons. The SMILES string of the molecule is O=C(C=Cc1c(Cl)nc2ccccn12)NCCc1cscn1. The summed E-state index contributed by atoms with van der Waals surface area (Å²) in [7, 11) is 0. The van der Waals surface area contributed by atoms with Gasteiger partial charge in [0.1, 0.15) is 5.65 Å². The third kappa shape index (κ3) is 3.35. The number of nitrogens with one attached hydrogen (secondary N) is 1. The summed E-state index contributed by atoms with van der Waals surface area (Å²) in [5.41, 5.74) is 4.20. The van der Waals surface area contributed by atoms with E-state index >= 15 is 0 Å². The number of halogens is 1. The van der Waals surface area contributed by atoms with Crippen molar-refractivity contribution < 1.29 is 4.79 Å². The highest BCUT2D eigenvalue weighted by atomic mass is 35.5. The zero-order valence-electron chi connectivity index (χ0n) is 11.6. The second-order valence-corrected chi connectivity index (χ2v) is 5.65. The number of nitrogens with zero attached hydrogens (tertiary/aromatic N) is 3. The van der Waals surface area contributed by atoms with Crippen molar-refractivity contribution in [3.63, 3.8) is 0 Å². The van der Waals surface area contributed by atoms with Crippen molar-refractivity contribution in [2.75, 3.05) is 6.54 Å². The first-order valence-corrected chi connectivity index (χ1v) is 8.01. The van der Waals surface area contributed by atoms with Crippen molar-refractivity contribution in [2.45, 2.75) is 6.42 Å². The quantitative estimate of drug-likeness (QED) is 0.731. The molecule has 0 saturated carbocycles. The molecule has 0 saturated heterocycles. The van der Waals surface area contributed by atoms with E-state index in [-0.39, 0.29) is 5.91 Å². The molecule has 3 aromatic rings. The number of pyridine rings is 1. The fourth-order valence-corrected chi connectivity index (χ4v) is 2.86. The molecule has 3 heterocycles. The summed E-state index contributed by atoms with van der Waals surface area (Å²) in [6.07, 6.45) is 5.71. The van der Waals surface area contributed by atoms with Crippen LogP contribution in [0.25, 0.3) is 11.7 Å². The van der Waals surface area contributed by atoms with Crippen LogP contribution in [0.2, 0.25) is 5.15 Å². The minimum Gasteiger partial charge on any atom is -0.352 e. The topological polar surface area (TPSA) is 59.3 Å². The van der Waals surface area contributed by atoms with Crippen molar-refractivity contribution in [1.29, 1.82) is 0 Å². The predicted octanol–water partition coefficient (Wildman–Crippen LogP) is 2.82. The molecule has 0 unspecified atom stereocenters. The molecular weight excluding hydrogens is 320 g/mol. The number of carbonyl (C=O) groups excluding carboxylic acids is 1. The van der Waals surface area contributed by atoms with E-state index < -0.39 is 0 Å². The maximum absolute atomic E-state index is 11.8. The molecular formula is C15H13ClN4OS. The smallest absolute Gasteiger partial charge is 0.244 e. The zero-order valence-corrected chi connectivity index (χ0v) is 13.1. The fourth-order valence-electron chi connectivity index (χ4n) is 2.02. The van der Waals surface area contributed by atoms with E-state index in [9.17, 15) is 4.79 Å². The average molecular weight is 333 g/mol. The van der Waals surface area contributed by atoms with Gasteiger partial charge in [0.15, 0.2) is 5.15 Å². The maximum Gasteiger partial charge on any atom is 0.244 e. The van der Waals surface area contributed by atoms with Gasteiger partial charge in [-0.15, -0.1) is 11.3 Å². The molecule has 0 spiro atoms. The summed E-state index contributed by atoms with van der Waals surface area (Å²) in [4.78, 5) is 20.2. The normalized spacial score (nSPS) is 11.3. The highest BCUT2D eigenvalue weighted by Gasteiger charge is 2.07. The van der Waals surface area contributed by atoms with Crippen LogP contribution in [0.15, 0.2) is 41.4 Å². The van der Waals surface area contributed by atoms with Gasteiger partial charge in [-0.2, -0.15) is 0 Å². The minimum atomic E-state index is -0.169. The highest BCUT2D eigenvalue weighted by Crippen LogP contribution is 2.18. The van der Waals surface area contributed by atoms with E-state index in [1.165, 1.54) is 6.08 Å². The van der Waals surface area contributed by atoms with E-state index in [1.54, 1.807) is 22.9 Å². The molecule has 1 amide bonds. The number of fused-ring (bicyclic) bond motifs is 1. The number of imidazole rings is 1. The third-order valence-corrected chi connectivity index (χ3v) is 3.99. The van der Waals surface area contributed by atoms with Crippen molar-refractivity contribution in [2.24, 2.45) is 0 Å². The Balaban J connectivity index is 1.62. The first-order valence-electron chi connectivity index (χ1n) is 6.69. The Bertz CT molecular complexity index is 810. The van der Waals surface area contributed by atoms with Gasteiger partial charge in [-0.05, 0) is 18.2 Å². The van der Waals surface area contributed by atoms with Crippen molar-refractivity contribution >= 4 is 40.6 Å². The van der Waals surface area contributed by atoms with Gasteiger partial charge in [-0.3, -0.25) is 9.20 Å². The average Bonchev–Trinajstić information content (AvgIpc) is 3.12. The Morgan fingerprint density at radius 3 is 3.18 bits per heavy atom. The number of amides is 1. The van der Waals surface area contributed by atoms with Gasteiger partial charge in [-0.25, -0.2) is 9.97 Å². The van der Waals surface area contributed by atoms with Gasteiger partial charge in [0.2, 0.25) is 5.91 Å². The Morgan fingerprint density at radius 2 is 2.36 bits per heavy atom. The fraction of sp³-hybridized carbons (Fsp3) is 0.133. The van der Waals surface area contributed by atoms with Crippen molar-refractivity contribution in [1.82, 2.24) is 19.7 Å². The molecule has 22 heavy (non-hydrogen) atoms. The van der Waals surface area contributed by atoms with Gasteiger partial charge in [0.05, 0.1) is 16.9 Å². The van der Waals surface area contributed by atoms with Gasteiger partial charge in [0.25, 0.3) is 0 Å². The summed E-state index contributed by atoms with van der Waals surface area (Å²) >= 11 is 7.65. The number of rotatable bonds is 5. The van der Waals surface area contributed by atoms with Crippen molar-refractivity contribution in [3.05, 3.63) is 57.9 Å². The van der Waals surface area contributed by atoms with E-state index in [2.05, 4.69) is 15.3 Å². The molecule has 3 aromatic heterocycles. The molecule has 0 bridgehead atoms. The van der Waals surface area contributed by atoms with Crippen LogP contribution >= 0.6 is 22.9 Å². The van der Waals surface area contributed by atoms with Crippen molar-refractivity contribution in [3.8, 4) is 0 Å². The predicted molar refractivity (Wildman–Crippen MR) is 88.1 cm³/mol. The molecule has 0 fully saturated rings. The molecule has 0 atom stereocenters. The molecule has 7 heteroatoms. The summed E-state index contributed by atoms with van der Waals surface area (Å²) in [6, 6.07) is 5.63. The summed E-state index contributed by atoms with van der Waals surface area (Å²) < 4.78 is 1.83. The van der Waals surface area contributed by atoms with Gasteiger partial charge < -0.3 is 5.32 Å². The Morgan fingerprint density at radius 1 is 1.45 bits per heavy atom. The molecule has 0 aliphatic carbocycles. The van der Waals surface area contributed by atoms with Gasteiger partial charge in [-0.1, -0.05) is 17.7 Å². The number of hydrogen-bond donors (Lipinski definition) is 1. The standard InChI is InChI=1S/C15H13ClN4OS/c16-15-12(20-8-2-1-3-13(20)19-15)4-5-14(21)17-7-6-11-9-22-10-18-11/h1-5,8-10H,6-7H2,(H,17,21). The van der Waals surface area contributed by atoms with E-state index in [1.807, 2.05) is 34.2 Å². The lowest BCUT2D eigenvalue weighted by molar-refractivity contribution is -0.116. The Kier molecular flexibility index (Phi) is 4.50. The molecule has 3 rings (SSSR count). The first-order chi connectivity index (χ1) is 10.7. The van der Waals surface area contributed by atoms with E-state index in [0.29, 0.717) is 17.4 Å². The summed E-state index contributed by atoms with van der Waals surface area (Å²) in [5.74, 6) is -0.169. The molecule has 5 nitrogen and oxygen atoms in total. The Labute approximate surface area is 136 Å². The minimum absolute atomic E-state index is 0.169. The summed E-state index contributed by atoms with van der Waals surface area (Å²) in [5, 5.41) is 5.16. The van der Waals surface area contributed by atoms with Crippen LogP contribution in [0.1, 0.15) is 11.4 Å². The molecule has 0 aliphatic heterocycles. The Hall–Kier alpha value is -2.18. The highest BCUT2D eigenvalue weighted by molar-refractivity contribution is 7.07. The van der Waals surface area contributed by atoms with Crippen LogP contribution in [0.3, 0.4) is 0 Å². The van der Waals surface area contributed by atoms with E-state index in [4.69, 9.17) is 11.6 Å². The molecule has 0 aliphatic rings. The lowest BCUT2D eigenvalue weighted by Crippen LogP contribution is -2.23. The molecule has 0 aromatic carbocycles. The van der Waals surface area contributed by atoms with E-state index in [0.717, 1.165) is 17.8 Å². The van der Waals surface area contributed by atoms with Crippen LogP contribution in [-0.4, -0.2) is 26.8 Å². The monoisotopic (exact) mass is 332 g/mol. The lowest BCUT2D eigenvalue weighted by Gasteiger charge is -2.00. The van der Waals surface area contributed by atoms with Crippen LogP contribution in [0.4, 0.5) is 0 Å². The largest absolute Gasteiger partial charge is 0.352 e. The van der Waals surface area contributed by atoms with Crippen LogP contribution in [0, 0.1) is 0 Å². The van der Waals surface area contributed by atoms with Gasteiger partial charge in [0, 0.05) is 30.6 Å². The number of aromatic nitrogens is 3. The zero-order chi connectivity index (χ0) is 15.4. The first kappa shape index (κ1) is 14.7. The number of thiazole rings is 1. The number of carbonyl (C=O) groups is 1. The van der Waals surface area contributed by atoms with Crippen LogP contribution in [-0.2, 0) is 11.2 Å². The molecule has 0 radical (unpaired) electrons. The lowest BCUT2D eigenvalue weighted by atomic mass is 10.3.